The molecule has 3 rings (SSSR count). The van der Waals surface area contributed by atoms with E-state index >= 15 is 0 Å². The van der Waals surface area contributed by atoms with Gasteiger partial charge in [-0.05, 0) is 53.6 Å². The molecule has 2 aromatic carbocycles. The lowest BCUT2D eigenvalue weighted by Crippen LogP contribution is -2.43. The van der Waals surface area contributed by atoms with Crippen molar-refractivity contribution in [2.24, 2.45) is 0 Å². The van der Waals surface area contributed by atoms with Crippen LogP contribution in [0.4, 0.5) is 0 Å². The normalized spacial score (nSPS) is 11.9. The third-order valence-corrected chi connectivity index (χ3v) is 11.0. The molecular formula is C26H34N2O3SSi. The second-order valence-electron chi connectivity index (χ2n) is 9.87. The van der Waals surface area contributed by atoms with Crippen molar-refractivity contribution < 1.29 is 14.0 Å². The van der Waals surface area contributed by atoms with E-state index in [4.69, 9.17) is 21.4 Å². The molecule has 0 aliphatic heterocycles. The summed E-state index contributed by atoms with van der Waals surface area (Å²) >= 11 is 5.67. The highest BCUT2D eigenvalue weighted by atomic mass is 32.1. The Labute approximate surface area is 202 Å². The van der Waals surface area contributed by atoms with Gasteiger partial charge in [0.15, 0.2) is 4.77 Å². The van der Waals surface area contributed by atoms with Gasteiger partial charge in [-0.2, -0.15) is 0 Å². The standard InChI is InChI=1S/C26H34N2O3SSi/c1-26(2,3)33(5,6)31-21-14-10-13-20(15-21)18-28-23(17-24(29)30-4)22(27-25(28)32)16-19-11-8-7-9-12-19/h7-15H,16-18H2,1-6H3,(H,27,32). The number of nitrogens with zero attached hydrogens (tertiary/aromatic N) is 1. The monoisotopic (exact) mass is 482 g/mol. The Kier molecular flexibility index (Phi) is 7.64. The number of aromatic nitrogens is 2. The van der Waals surface area contributed by atoms with E-state index in [2.05, 4.69) is 63.1 Å². The van der Waals surface area contributed by atoms with E-state index in [1.807, 2.05) is 34.9 Å². The Balaban J connectivity index is 1.93. The average Bonchev–Trinajstić information content (AvgIpc) is 3.02. The third kappa shape index (κ3) is 6.24. The van der Waals surface area contributed by atoms with Gasteiger partial charge < -0.3 is 18.7 Å². The molecule has 0 atom stereocenters. The van der Waals surface area contributed by atoms with Crippen LogP contribution in [0.5, 0.6) is 5.75 Å². The molecule has 0 fully saturated rings. The lowest BCUT2D eigenvalue weighted by Gasteiger charge is -2.36. The Morgan fingerprint density at radius 2 is 1.73 bits per heavy atom. The van der Waals surface area contributed by atoms with Crippen LogP contribution in [-0.2, 0) is 28.9 Å². The van der Waals surface area contributed by atoms with Crippen LogP contribution in [-0.4, -0.2) is 30.9 Å². The summed E-state index contributed by atoms with van der Waals surface area (Å²) in [5.41, 5.74) is 4.01. The molecule has 33 heavy (non-hydrogen) atoms. The zero-order valence-electron chi connectivity index (χ0n) is 20.4. The van der Waals surface area contributed by atoms with Crippen LogP contribution < -0.4 is 4.43 Å². The maximum absolute atomic E-state index is 12.2. The average molecular weight is 483 g/mol. The fraction of sp³-hybridized carbons (Fsp3) is 0.385. The molecule has 0 amide bonds. The highest BCUT2D eigenvalue weighted by Gasteiger charge is 2.39. The van der Waals surface area contributed by atoms with Gasteiger partial charge in [0.1, 0.15) is 5.75 Å². The van der Waals surface area contributed by atoms with Crippen molar-refractivity contribution in [1.82, 2.24) is 9.55 Å². The predicted molar refractivity (Wildman–Crippen MR) is 138 cm³/mol. The molecule has 0 saturated carbocycles. The number of hydrogen-bond acceptors (Lipinski definition) is 4. The molecular weight excluding hydrogens is 448 g/mol. The smallest absolute Gasteiger partial charge is 0.311 e. The quantitative estimate of drug-likeness (QED) is 0.233. The summed E-state index contributed by atoms with van der Waals surface area (Å²) < 4.78 is 14.0. The number of esters is 1. The fourth-order valence-electron chi connectivity index (χ4n) is 3.42. The van der Waals surface area contributed by atoms with Crippen LogP contribution in [0.2, 0.25) is 18.1 Å². The van der Waals surface area contributed by atoms with Crippen molar-refractivity contribution in [3.63, 3.8) is 0 Å². The van der Waals surface area contributed by atoms with E-state index in [0.717, 1.165) is 28.3 Å². The molecule has 0 saturated heterocycles. The predicted octanol–water partition coefficient (Wildman–Crippen LogP) is 6.28. The summed E-state index contributed by atoms with van der Waals surface area (Å²) in [4.78, 5) is 15.5. The van der Waals surface area contributed by atoms with Crippen molar-refractivity contribution in [3.8, 4) is 5.75 Å². The first-order valence-electron chi connectivity index (χ1n) is 11.2. The van der Waals surface area contributed by atoms with Crippen molar-refractivity contribution in [2.45, 2.75) is 58.3 Å². The summed E-state index contributed by atoms with van der Waals surface area (Å²) in [7, 11) is -0.534. The number of nitrogens with one attached hydrogen (secondary N) is 1. The summed E-state index contributed by atoms with van der Waals surface area (Å²) in [6, 6.07) is 18.3. The number of methoxy groups -OCH3 is 1. The van der Waals surface area contributed by atoms with Crippen LogP contribution >= 0.6 is 12.2 Å². The Hall–Kier alpha value is -2.64. The SMILES string of the molecule is COC(=O)Cc1c(Cc2ccccc2)[nH]c(=S)n1Cc1cccc(O[Si](C)(C)C(C)(C)C)c1. The molecule has 0 radical (unpaired) electrons. The Morgan fingerprint density at radius 1 is 1.06 bits per heavy atom. The Bertz CT molecular complexity index is 1160. The largest absolute Gasteiger partial charge is 0.543 e. The number of aromatic amines is 1. The molecule has 5 nitrogen and oxygen atoms in total. The summed E-state index contributed by atoms with van der Waals surface area (Å²) in [6.45, 7) is 11.7. The molecule has 3 aromatic rings. The van der Waals surface area contributed by atoms with Crippen LogP contribution in [0, 0.1) is 4.77 Å². The number of ether oxygens (including phenoxy) is 1. The number of imidazole rings is 1. The topological polar surface area (TPSA) is 56.2 Å². The van der Waals surface area contributed by atoms with Crippen molar-refractivity contribution >= 4 is 26.5 Å². The maximum Gasteiger partial charge on any atom is 0.311 e. The highest BCUT2D eigenvalue weighted by molar-refractivity contribution is 7.71. The molecule has 1 heterocycles. The molecule has 7 heteroatoms. The number of rotatable bonds is 8. The van der Waals surface area contributed by atoms with Crippen LogP contribution in [0.25, 0.3) is 0 Å². The number of H-pyrrole nitrogens is 1. The molecule has 1 N–H and O–H groups in total. The van der Waals surface area contributed by atoms with Crippen LogP contribution in [0.3, 0.4) is 0 Å². The minimum atomic E-state index is -1.94. The third-order valence-electron chi connectivity index (χ3n) is 6.36. The first kappa shape index (κ1) is 25.0. The number of benzene rings is 2. The number of hydrogen-bond donors (Lipinski definition) is 1. The molecule has 0 unspecified atom stereocenters. The maximum atomic E-state index is 12.2. The molecule has 0 aliphatic carbocycles. The molecule has 0 aliphatic rings. The van der Waals surface area contributed by atoms with E-state index in [-0.39, 0.29) is 17.4 Å². The van der Waals surface area contributed by atoms with Crippen molar-refractivity contribution in [3.05, 3.63) is 81.9 Å². The zero-order chi connectivity index (χ0) is 24.2. The van der Waals surface area contributed by atoms with Gasteiger partial charge in [0.2, 0.25) is 8.32 Å². The van der Waals surface area contributed by atoms with Crippen molar-refractivity contribution in [1.29, 1.82) is 0 Å². The van der Waals surface area contributed by atoms with Crippen molar-refractivity contribution in [2.75, 3.05) is 7.11 Å². The van der Waals surface area contributed by atoms with Crippen LogP contribution in [0.15, 0.2) is 54.6 Å². The first-order chi connectivity index (χ1) is 15.5. The second-order valence-corrected chi connectivity index (χ2v) is 15.0. The lowest BCUT2D eigenvalue weighted by molar-refractivity contribution is -0.139. The van der Waals surface area contributed by atoms with E-state index in [1.54, 1.807) is 0 Å². The van der Waals surface area contributed by atoms with Gasteiger partial charge in [0.25, 0.3) is 0 Å². The van der Waals surface area contributed by atoms with Gasteiger partial charge in [0.05, 0.1) is 25.8 Å². The lowest BCUT2D eigenvalue weighted by atomic mass is 10.1. The van der Waals surface area contributed by atoms with Crippen LogP contribution in [0.1, 0.15) is 43.3 Å². The number of carbonyl (C=O) groups is 1. The number of carbonyl (C=O) groups excluding carboxylic acids is 1. The molecule has 0 spiro atoms. The van der Waals surface area contributed by atoms with Gasteiger partial charge in [-0.1, -0.05) is 63.2 Å². The van der Waals surface area contributed by atoms with Gasteiger partial charge in [0, 0.05) is 12.1 Å². The minimum Gasteiger partial charge on any atom is -0.543 e. The molecule has 176 valence electrons. The Morgan fingerprint density at radius 3 is 2.36 bits per heavy atom. The zero-order valence-corrected chi connectivity index (χ0v) is 22.2. The summed E-state index contributed by atoms with van der Waals surface area (Å²) in [6.07, 6.45) is 0.824. The van der Waals surface area contributed by atoms with E-state index in [9.17, 15) is 4.79 Å². The fourth-order valence-corrected chi connectivity index (χ4v) is 4.74. The molecule has 1 aromatic heterocycles. The van der Waals surface area contributed by atoms with Gasteiger partial charge in [-0.3, -0.25) is 4.79 Å². The minimum absolute atomic E-state index is 0.117. The van der Waals surface area contributed by atoms with Gasteiger partial charge >= 0.3 is 5.97 Å². The van der Waals surface area contributed by atoms with Gasteiger partial charge in [-0.15, -0.1) is 0 Å². The summed E-state index contributed by atoms with van der Waals surface area (Å²) in [5, 5.41) is 0.117. The van der Waals surface area contributed by atoms with E-state index in [1.165, 1.54) is 7.11 Å². The van der Waals surface area contributed by atoms with Gasteiger partial charge in [-0.25, -0.2) is 0 Å². The second kappa shape index (κ2) is 10.1. The first-order valence-corrected chi connectivity index (χ1v) is 14.5. The van der Waals surface area contributed by atoms with E-state index < -0.39 is 8.32 Å². The van der Waals surface area contributed by atoms with E-state index in [0.29, 0.717) is 17.7 Å². The molecule has 0 bridgehead atoms. The summed E-state index contributed by atoms with van der Waals surface area (Å²) in [5.74, 6) is 0.585. The highest BCUT2D eigenvalue weighted by Crippen LogP contribution is 2.37.